The number of hydrogen-bond acceptors (Lipinski definition) is 4. The lowest BCUT2D eigenvalue weighted by Gasteiger charge is -1.97. The smallest absolute Gasteiger partial charge is 0.264 e. The Morgan fingerprint density at radius 1 is 1.14 bits per heavy atom. The van der Waals surface area contributed by atoms with Gasteiger partial charge < -0.3 is 10.4 Å². The molecule has 2 N–H and O–H groups in total. The fraction of sp³-hybridized carbons (Fsp3) is 0. The summed E-state index contributed by atoms with van der Waals surface area (Å²) < 4.78 is 13.6. The molecule has 0 spiro atoms. The summed E-state index contributed by atoms with van der Waals surface area (Å²) in [6, 6.07) is 12.5. The molecule has 0 aromatic heterocycles. The summed E-state index contributed by atoms with van der Waals surface area (Å²) in [5.74, 6) is -0.551. The van der Waals surface area contributed by atoms with Crippen LogP contribution in [0.5, 0.6) is 5.75 Å². The molecule has 1 aliphatic heterocycles. The first-order chi connectivity index (χ1) is 10.6. The van der Waals surface area contributed by atoms with E-state index < -0.39 is 0 Å². The molecule has 2 aromatic carbocycles. The van der Waals surface area contributed by atoms with Crippen molar-refractivity contribution in [1.82, 2.24) is 5.32 Å². The Hall–Kier alpha value is -2.60. The Labute approximate surface area is 130 Å². The zero-order valence-electron chi connectivity index (χ0n) is 11.3. The fourth-order valence-electron chi connectivity index (χ4n) is 1.86. The van der Waals surface area contributed by atoms with Crippen LogP contribution in [0.1, 0.15) is 5.56 Å². The highest BCUT2D eigenvalue weighted by Gasteiger charge is 2.24. The van der Waals surface area contributed by atoms with Gasteiger partial charge in [0.2, 0.25) is 0 Å². The zero-order valence-corrected chi connectivity index (χ0v) is 12.1. The van der Waals surface area contributed by atoms with Crippen molar-refractivity contribution in [2.75, 3.05) is 0 Å². The minimum atomic E-state index is -0.382. The van der Waals surface area contributed by atoms with Crippen LogP contribution >= 0.6 is 11.8 Å². The van der Waals surface area contributed by atoms with E-state index in [-0.39, 0.29) is 17.5 Å². The van der Waals surface area contributed by atoms with E-state index in [2.05, 4.69) is 10.3 Å². The lowest BCUT2D eigenvalue weighted by molar-refractivity contribution is -0.115. The number of thioether (sulfide) groups is 1. The first kappa shape index (κ1) is 14.3. The van der Waals surface area contributed by atoms with Crippen molar-refractivity contribution in [3.63, 3.8) is 0 Å². The number of rotatable bonds is 2. The number of nitrogens with one attached hydrogen (secondary N) is 1. The summed E-state index contributed by atoms with van der Waals surface area (Å²) >= 11 is 1.14. The lowest BCUT2D eigenvalue weighted by atomic mass is 10.2. The Morgan fingerprint density at radius 3 is 2.59 bits per heavy atom. The summed E-state index contributed by atoms with van der Waals surface area (Å²) in [6.07, 6.45) is 1.49. The highest BCUT2D eigenvalue weighted by molar-refractivity contribution is 8.18. The number of benzene rings is 2. The van der Waals surface area contributed by atoms with E-state index in [9.17, 15) is 14.3 Å². The second-order valence-corrected chi connectivity index (χ2v) is 5.55. The first-order valence-corrected chi connectivity index (χ1v) is 7.26. The molecular formula is C16H11FN2O2S. The van der Waals surface area contributed by atoms with Crippen LogP contribution in [0, 0.1) is 5.82 Å². The van der Waals surface area contributed by atoms with E-state index >= 15 is 0 Å². The Bertz CT molecular complexity index is 785. The van der Waals surface area contributed by atoms with Gasteiger partial charge in [-0.3, -0.25) is 4.79 Å². The number of amidine groups is 1. The second-order valence-electron chi connectivity index (χ2n) is 4.52. The maximum Gasteiger partial charge on any atom is 0.264 e. The van der Waals surface area contributed by atoms with Crippen LogP contribution in [-0.2, 0) is 4.79 Å². The van der Waals surface area contributed by atoms with Crippen LogP contribution in [-0.4, -0.2) is 16.2 Å². The molecule has 22 heavy (non-hydrogen) atoms. The van der Waals surface area contributed by atoms with Gasteiger partial charge in [-0.05, 0) is 48.2 Å². The van der Waals surface area contributed by atoms with Crippen molar-refractivity contribution in [3.8, 4) is 5.75 Å². The summed E-state index contributed by atoms with van der Waals surface area (Å²) in [4.78, 5) is 16.5. The molecule has 0 unspecified atom stereocenters. The number of aliphatic imine (C=N–C) groups is 1. The number of nitrogens with zero attached hydrogens (tertiary/aromatic N) is 1. The predicted octanol–water partition coefficient (Wildman–Crippen LogP) is 3.42. The molecule has 1 amide bonds. The van der Waals surface area contributed by atoms with Gasteiger partial charge in [-0.2, -0.15) is 0 Å². The van der Waals surface area contributed by atoms with Crippen molar-refractivity contribution in [2.24, 2.45) is 4.99 Å². The number of phenols is 1. The monoisotopic (exact) mass is 314 g/mol. The maximum absolute atomic E-state index is 13.6. The van der Waals surface area contributed by atoms with Gasteiger partial charge in [0.15, 0.2) is 5.17 Å². The van der Waals surface area contributed by atoms with Crippen molar-refractivity contribution >= 4 is 34.6 Å². The normalized spacial score (nSPS) is 18.0. The molecule has 0 saturated carbocycles. The van der Waals surface area contributed by atoms with E-state index in [0.717, 1.165) is 11.8 Å². The Balaban J connectivity index is 1.84. The molecule has 1 fully saturated rings. The number of amides is 1. The average molecular weight is 314 g/mol. The van der Waals surface area contributed by atoms with E-state index in [1.54, 1.807) is 30.3 Å². The van der Waals surface area contributed by atoms with Gasteiger partial charge in [-0.1, -0.05) is 18.2 Å². The summed E-state index contributed by atoms with van der Waals surface area (Å²) in [6.45, 7) is 0. The molecule has 3 rings (SSSR count). The van der Waals surface area contributed by atoms with E-state index in [1.165, 1.54) is 24.3 Å². The van der Waals surface area contributed by atoms with Gasteiger partial charge in [0.25, 0.3) is 5.91 Å². The topological polar surface area (TPSA) is 61.7 Å². The number of carbonyl (C=O) groups is 1. The number of aromatic hydroxyl groups is 1. The summed E-state index contributed by atoms with van der Waals surface area (Å²) in [7, 11) is 0. The molecule has 0 aliphatic carbocycles. The molecule has 2 aromatic rings. The minimum Gasteiger partial charge on any atom is -0.508 e. The van der Waals surface area contributed by atoms with Crippen molar-refractivity contribution < 1.29 is 14.3 Å². The molecule has 110 valence electrons. The molecule has 6 heteroatoms. The molecular weight excluding hydrogens is 303 g/mol. The standard InChI is InChI=1S/C16H11FN2O2S/c17-13-4-2-1-3-10(13)9-14-15(21)19-16(22-14)18-11-5-7-12(20)8-6-11/h1-9,20H,(H,18,19,21). The molecule has 0 bridgehead atoms. The summed E-state index contributed by atoms with van der Waals surface area (Å²) in [5.41, 5.74) is 0.957. The Kier molecular flexibility index (Phi) is 3.93. The van der Waals surface area contributed by atoms with Gasteiger partial charge in [0.1, 0.15) is 11.6 Å². The van der Waals surface area contributed by atoms with Gasteiger partial charge in [0, 0.05) is 5.56 Å². The van der Waals surface area contributed by atoms with Crippen LogP contribution in [0.4, 0.5) is 10.1 Å². The molecule has 1 saturated heterocycles. The maximum atomic E-state index is 13.6. The van der Waals surface area contributed by atoms with Crippen LogP contribution in [0.2, 0.25) is 0 Å². The van der Waals surface area contributed by atoms with Gasteiger partial charge in [-0.25, -0.2) is 9.38 Å². The van der Waals surface area contributed by atoms with Crippen molar-refractivity contribution in [2.45, 2.75) is 0 Å². The van der Waals surface area contributed by atoms with Gasteiger partial charge in [-0.15, -0.1) is 0 Å². The minimum absolute atomic E-state index is 0.146. The number of phenolic OH excluding ortho intramolecular Hbond substituents is 1. The number of carbonyl (C=O) groups excluding carboxylic acids is 1. The Morgan fingerprint density at radius 2 is 1.86 bits per heavy atom. The van der Waals surface area contributed by atoms with Crippen molar-refractivity contribution in [1.29, 1.82) is 0 Å². The predicted molar refractivity (Wildman–Crippen MR) is 85.3 cm³/mol. The fourth-order valence-corrected chi connectivity index (χ4v) is 2.69. The van der Waals surface area contributed by atoms with Crippen molar-refractivity contribution in [3.05, 3.63) is 64.8 Å². The molecule has 4 nitrogen and oxygen atoms in total. The molecule has 0 atom stereocenters. The first-order valence-electron chi connectivity index (χ1n) is 6.45. The number of halogens is 1. The summed E-state index contributed by atoms with van der Waals surface area (Å²) in [5, 5.41) is 12.3. The third-order valence-corrected chi connectivity index (χ3v) is 3.83. The highest BCUT2D eigenvalue weighted by atomic mass is 32.2. The average Bonchev–Trinajstić information content (AvgIpc) is 2.84. The zero-order chi connectivity index (χ0) is 15.5. The van der Waals surface area contributed by atoms with Crippen LogP contribution in [0.25, 0.3) is 6.08 Å². The highest BCUT2D eigenvalue weighted by Crippen LogP contribution is 2.28. The molecule has 0 radical (unpaired) electrons. The van der Waals surface area contributed by atoms with E-state index in [1.807, 2.05) is 0 Å². The van der Waals surface area contributed by atoms with Gasteiger partial charge >= 0.3 is 0 Å². The molecule has 1 aliphatic rings. The van der Waals surface area contributed by atoms with Crippen LogP contribution in [0.15, 0.2) is 58.4 Å². The lowest BCUT2D eigenvalue weighted by Crippen LogP contribution is -2.19. The van der Waals surface area contributed by atoms with E-state index in [4.69, 9.17) is 0 Å². The third kappa shape index (κ3) is 3.17. The third-order valence-electron chi connectivity index (χ3n) is 2.92. The van der Waals surface area contributed by atoms with Crippen LogP contribution < -0.4 is 5.32 Å². The quantitative estimate of drug-likeness (QED) is 0.835. The second kappa shape index (κ2) is 6.03. The SMILES string of the molecule is O=C1NC(=Nc2ccc(O)cc2)SC1=Cc1ccccc1F. The number of hydrogen-bond donors (Lipinski definition) is 2. The van der Waals surface area contributed by atoms with Crippen LogP contribution in [0.3, 0.4) is 0 Å². The largest absolute Gasteiger partial charge is 0.508 e. The van der Waals surface area contributed by atoms with Gasteiger partial charge in [0.05, 0.1) is 10.6 Å². The van der Waals surface area contributed by atoms with E-state index in [0.29, 0.717) is 21.3 Å². The molecule has 1 heterocycles.